The molecule has 0 fully saturated rings. The van der Waals surface area contributed by atoms with E-state index in [9.17, 15) is 9.90 Å². The first kappa shape index (κ1) is 12.8. The van der Waals surface area contributed by atoms with Crippen LogP contribution in [0.4, 0.5) is 0 Å². The number of halogens is 1. The van der Waals surface area contributed by atoms with Gasteiger partial charge in [-0.1, -0.05) is 11.6 Å². The zero-order valence-electron chi connectivity index (χ0n) is 8.94. The van der Waals surface area contributed by atoms with Crippen LogP contribution in [0.25, 0.3) is 0 Å². The molecule has 0 saturated carbocycles. The molecule has 5 heteroatoms. The van der Waals surface area contributed by atoms with Crippen molar-refractivity contribution < 1.29 is 14.6 Å². The van der Waals surface area contributed by atoms with Gasteiger partial charge in [0.05, 0.1) is 19.1 Å². The van der Waals surface area contributed by atoms with E-state index in [0.717, 1.165) is 0 Å². The molecule has 4 nitrogen and oxygen atoms in total. The van der Waals surface area contributed by atoms with Crippen LogP contribution in [0.2, 0.25) is 5.02 Å². The minimum absolute atomic E-state index is 0.141. The van der Waals surface area contributed by atoms with Gasteiger partial charge in [0.25, 0.3) is 0 Å². The second kappa shape index (κ2) is 5.72. The van der Waals surface area contributed by atoms with E-state index < -0.39 is 12.0 Å². The van der Waals surface area contributed by atoms with Crippen molar-refractivity contribution in [3.8, 4) is 5.75 Å². The highest BCUT2D eigenvalue weighted by molar-refractivity contribution is 6.30. The number of aliphatic hydroxyl groups is 1. The summed E-state index contributed by atoms with van der Waals surface area (Å²) < 4.78 is 5.34. The van der Waals surface area contributed by atoms with Crippen molar-refractivity contribution in [3.05, 3.63) is 28.8 Å². The summed E-state index contributed by atoms with van der Waals surface area (Å²) in [6.07, 6.45) is -0.538. The molecule has 0 aromatic heterocycles. The van der Waals surface area contributed by atoms with E-state index >= 15 is 0 Å². The molecule has 0 aliphatic carbocycles. The lowest BCUT2D eigenvalue weighted by molar-refractivity contribution is -0.118. The van der Waals surface area contributed by atoms with Gasteiger partial charge in [-0.05, 0) is 25.1 Å². The van der Waals surface area contributed by atoms with Gasteiger partial charge >= 0.3 is 0 Å². The number of ether oxygens (including phenoxy) is 1. The molecule has 16 heavy (non-hydrogen) atoms. The lowest BCUT2D eigenvalue weighted by Crippen LogP contribution is -2.15. The zero-order valence-corrected chi connectivity index (χ0v) is 9.70. The van der Waals surface area contributed by atoms with Crippen LogP contribution in [-0.2, 0) is 4.79 Å². The standard InChI is InChI=1S/C11H14ClNO3/c1-7(14)9-6-8(12)2-3-10(9)16-5-4-11(13)15/h2-3,6-7,14H,4-5H2,1H3,(H2,13,15)/t7-/m0/s1. The number of benzene rings is 1. The highest BCUT2D eigenvalue weighted by Crippen LogP contribution is 2.28. The van der Waals surface area contributed by atoms with Crippen molar-refractivity contribution >= 4 is 17.5 Å². The molecule has 0 saturated heterocycles. The highest BCUT2D eigenvalue weighted by atomic mass is 35.5. The maximum Gasteiger partial charge on any atom is 0.220 e. The van der Waals surface area contributed by atoms with Gasteiger partial charge < -0.3 is 15.6 Å². The van der Waals surface area contributed by atoms with Crippen molar-refractivity contribution in [2.24, 2.45) is 5.73 Å². The SMILES string of the molecule is C[C@H](O)c1cc(Cl)ccc1OCCC(N)=O. The Hall–Kier alpha value is -1.26. The van der Waals surface area contributed by atoms with E-state index in [1.807, 2.05) is 0 Å². The molecule has 0 unspecified atom stereocenters. The molecule has 1 aromatic rings. The Kier molecular flexibility index (Phi) is 4.58. The number of amides is 1. The van der Waals surface area contributed by atoms with Gasteiger partial charge in [0.2, 0.25) is 5.91 Å². The smallest absolute Gasteiger partial charge is 0.220 e. The van der Waals surface area contributed by atoms with Crippen molar-refractivity contribution in [2.45, 2.75) is 19.4 Å². The summed E-state index contributed by atoms with van der Waals surface area (Å²) in [4.78, 5) is 10.5. The summed E-state index contributed by atoms with van der Waals surface area (Å²) >= 11 is 5.80. The van der Waals surface area contributed by atoms with E-state index in [0.29, 0.717) is 16.3 Å². The summed E-state index contributed by atoms with van der Waals surface area (Å²) in [6.45, 7) is 1.81. The average molecular weight is 244 g/mol. The predicted octanol–water partition coefficient (Wildman–Crippen LogP) is 1.65. The minimum atomic E-state index is -0.678. The largest absolute Gasteiger partial charge is 0.493 e. The molecule has 1 aromatic carbocycles. The predicted molar refractivity (Wildman–Crippen MR) is 61.4 cm³/mol. The van der Waals surface area contributed by atoms with E-state index in [2.05, 4.69) is 0 Å². The van der Waals surface area contributed by atoms with Crippen molar-refractivity contribution in [3.63, 3.8) is 0 Å². The number of primary amides is 1. The zero-order chi connectivity index (χ0) is 12.1. The second-order valence-electron chi connectivity index (χ2n) is 3.42. The van der Waals surface area contributed by atoms with Gasteiger partial charge in [0.15, 0.2) is 0 Å². The van der Waals surface area contributed by atoms with Crippen LogP contribution < -0.4 is 10.5 Å². The summed E-state index contributed by atoms with van der Waals surface area (Å²) in [5, 5.41) is 10.0. The number of carbonyl (C=O) groups excluding carboxylic acids is 1. The number of aliphatic hydroxyl groups excluding tert-OH is 1. The van der Waals surface area contributed by atoms with Crippen molar-refractivity contribution in [1.82, 2.24) is 0 Å². The normalized spacial score (nSPS) is 12.2. The van der Waals surface area contributed by atoms with Crippen LogP contribution in [0.1, 0.15) is 25.0 Å². The Morgan fingerprint density at radius 2 is 2.31 bits per heavy atom. The molecule has 0 radical (unpaired) electrons. The first-order valence-electron chi connectivity index (χ1n) is 4.89. The fourth-order valence-corrected chi connectivity index (χ4v) is 1.42. The van der Waals surface area contributed by atoms with Crippen LogP contribution in [0.3, 0.4) is 0 Å². The van der Waals surface area contributed by atoms with E-state index in [1.165, 1.54) is 0 Å². The molecule has 0 heterocycles. The van der Waals surface area contributed by atoms with E-state index in [4.69, 9.17) is 22.1 Å². The quantitative estimate of drug-likeness (QED) is 0.826. The topological polar surface area (TPSA) is 72.6 Å². The fraction of sp³-hybridized carbons (Fsp3) is 0.364. The van der Waals surface area contributed by atoms with Crippen LogP contribution in [-0.4, -0.2) is 17.6 Å². The molecule has 1 amide bonds. The molecule has 1 atom stereocenters. The van der Waals surface area contributed by atoms with Crippen molar-refractivity contribution in [2.75, 3.05) is 6.61 Å². The number of nitrogens with two attached hydrogens (primary N) is 1. The Labute approximate surface area is 99.0 Å². The van der Waals surface area contributed by atoms with Crippen LogP contribution in [0.5, 0.6) is 5.75 Å². The third-order valence-corrected chi connectivity index (χ3v) is 2.26. The number of hydrogen-bond acceptors (Lipinski definition) is 3. The molecule has 0 bridgehead atoms. The summed E-state index contributed by atoms with van der Waals surface area (Å²) in [5.41, 5.74) is 5.58. The number of carbonyl (C=O) groups is 1. The lowest BCUT2D eigenvalue weighted by atomic mass is 10.1. The third kappa shape index (κ3) is 3.72. The van der Waals surface area contributed by atoms with Gasteiger partial charge in [0, 0.05) is 10.6 Å². The van der Waals surface area contributed by atoms with Crippen LogP contribution in [0.15, 0.2) is 18.2 Å². The number of hydrogen-bond donors (Lipinski definition) is 2. The van der Waals surface area contributed by atoms with Gasteiger partial charge in [-0.2, -0.15) is 0 Å². The first-order valence-corrected chi connectivity index (χ1v) is 5.27. The molecular weight excluding hydrogens is 230 g/mol. The second-order valence-corrected chi connectivity index (χ2v) is 3.86. The molecule has 0 aliphatic heterocycles. The average Bonchev–Trinajstić information content (AvgIpc) is 2.19. The van der Waals surface area contributed by atoms with Gasteiger partial charge in [-0.15, -0.1) is 0 Å². The van der Waals surface area contributed by atoms with Crippen molar-refractivity contribution in [1.29, 1.82) is 0 Å². The molecular formula is C11H14ClNO3. The maximum absolute atomic E-state index is 10.5. The Morgan fingerprint density at radius 1 is 1.62 bits per heavy atom. The summed E-state index contributed by atoms with van der Waals surface area (Å²) in [5.74, 6) is 0.0909. The Bertz CT molecular complexity index is 379. The third-order valence-electron chi connectivity index (χ3n) is 2.03. The Balaban J connectivity index is 2.74. The summed E-state index contributed by atoms with van der Waals surface area (Å²) in [7, 11) is 0. The van der Waals surface area contributed by atoms with Gasteiger partial charge in [0.1, 0.15) is 5.75 Å². The fourth-order valence-electron chi connectivity index (χ4n) is 1.24. The summed E-state index contributed by atoms with van der Waals surface area (Å²) in [6, 6.07) is 4.95. The monoisotopic (exact) mass is 243 g/mol. The lowest BCUT2D eigenvalue weighted by Gasteiger charge is -2.13. The number of rotatable bonds is 5. The Morgan fingerprint density at radius 3 is 2.88 bits per heavy atom. The molecule has 88 valence electrons. The first-order chi connectivity index (χ1) is 7.50. The molecule has 0 aliphatic rings. The van der Waals surface area contributed by atoms with Crippen LogP contribution in [0, 0.1) is 0 Å². The minimum Gasteiger partial charge on any atom is -0.493 e. The van der Waals surface area contributed by atoms with Gasteiger partial charge in [-0.25, -0.2) is 0 Å². The van der Waals surface area contributed by atoms with E-state index in [-0.39, 0.29) is 13.0 Å². The molecule has 0 spiro atoms. The van der Waals surface area contributed by atoms with Crippen LogP contribution >= 0.6 is 11.6 Å². The highest BCUT2D eigenvalue weighted by Gasteiger charge is 2.10. The maximum atomic E-state index is 10.5. The van der Waals surface area contributed by atoms with E-state index in [1.54, 1.807) is 25.1 Å². The molecule has 3 N–H and O–H groups in total. The van der Waals surface area contributed by atoms with Gasteiger partial charge in [-0.3, -0.25) is 4.79 Å². The molecule has 1 rings (SSSR count).